The van der Waals surface area contributed by atoms with Crippen molar-refractivity contribution in [2.45, 2.75) is 6.54 Å². The molecule has 0 saturated carbocycles. The molecule has 0 spiro atoms. The lowest BCUT2D eigenvalue weighted by atomic mass is 10.2. The lowest BCUT2D eigenvalue weighted by molar-refractivity contribution is -0.118. The van der Waals surface area contributed by atoms with E-state index in [9.17, 15) is 9.18 Å². The van der Waals surface area contributed by atoms with Crippen molar-refractivity contribution in [2.24, 2.45) is 0 Å². The van der Waals surface area contributed by atoms with Gasteiger partial charge in [0.2, 0.25) is 5.91 Å². The second-order valence-corrected chi connectivity index (χ2v) is 3.77. The molecule has 0 radical (unpaired) electrons. The van der Waals surface area contributed by atoms with E-state index in [1.807, 2.05) is 0 Å². The van der Waals surface area contributed by atoms with Gasteiger partial charge in [-0.25, -0.2) is 4.39 Å². The van der Waals surface area contributed by atoms with Gasteiger partial charge in [-0.1, -0.05) is 15.9 Å². The maximum absolute atomic E-state index is 12.8. The summed E-state index contributed by atoms with van der Waals surface area (Å²) in [5.41, 5.74) is 0.684. The molecule has 0 heterocycles. The Morgan fingerprint density at radius 3 is 2.93 bits per heavy atom. The van der Waals surface area contributed by atoms with Crippen LogP contribution in [-0.4, -0.2) is 11.8 Å². The number of halogens is 3. The van der Waals surface area contributed by atoms with Crippen molar-refractivity contribution in [3.63, 3.8) is 0 Å². The molecule has 0 saturated heterocycles. The van der Waals surface area contributed by atoms with Crippen molar-refractivity contribution in [3.8, 4) is 0 Å². The van der Waals surface area contributed by atoms with Crippen molar-refractivity contribution in [3.05, 3.63) is 34.1 Å². The van der Waals surface area contributed by atoms with Crippen LogP contribution in [0.1, 0.15) is 5.56 Å². The minimum atomic E-state index is -0.330. The SMILES string of the molecule is O=C(CCl)NCc1cc(F)ccc1Br. The number of rotatable bonds is 3. The highest BCUT2D eigenvalue weighted by Gasteiger charge is 2.03. The maximum Gasteiger partial charge on any atom is 0.235 e. The third-order valence-electron chi connectivity index (χ3n) is 1.61. The molecule has 14 heavy (non-hydrogen) atoms. The van der Waals surface area contributed by atoms with E-state index in [2.05, 4.69) is 21.2 Å². The van der Waals surface area contributed by atoms with Crippen molar-refractivity contribution in [2.75, 3.05) is 5.88 Å². The van der Waals surface area contributed by atoms with Crippen LogP contribution < -0.4 is 5.32 Å². The van der Waals surface area contributed by atoms with Gasteiger partial charge in [-0.3, -0.25) is 4.79 Å². The smallest absolute Gasteiger partial charge is 0.235 e. The molecule has 2 nitrogen and oxygen atoms in total. The molecule has 1 N–H and O–H groups in total. The number of amides is 1. The van der Waals surface area contributed by atoms with Gasteiger partial charge in [-0.2, -0.15) is 0 Å². The molecule has 0 fully saturated rings. The van der Waals surface area contributed by atoms with Crippen molar-refractivity contribution < 1.29 is 9.18 Å². The van der Waals surface area contributed by atoms with Crippen LogP contribution in [0.2, 0.25) is 0 Å². The van der Waals surface area contributed by atoms with E-state index in [-0.39, 0.29) is 24.1 Å². The van der Waals surface area contributed by atoms with E-state index in [4.69, 9.17) is 11.6 Å². The van der Waals surface area contributed by atoms with Gasteiger partial charge in [0, 0.05) is 11.0 Å². The van der Waals surface area contributed by atoms with Gasteiger partial charge in [0.1, 0.15) is 11.7 Å². The zero-order valence-corrected chi connectivity index (χ0v) is 9.53. The Labute approximate surface area is 94.6 Å². The fraction of sp³-hybridized carbons (Fsp3) is 0.222. The average Bonchev–Trinajstić information content (AvgIpc) is 2.19. The minimum Gasteiger partial charge on any atom is -0.351 e. The summed E-state index contributed by atoms with van der Waals surface area (Å²) in [7, 11) is 0. The van der Waals surface area contributed by atoms with Gasteiger partial charge >= 0.3 is 0 Å². The lowest BCUT2D eigenvalue weighted by Gasteiger charge is -2.05. The van der Waals surface area contributed by atoms with Crippen LogP contribution >= 0.6 is 27.5 Å². The second kappa shape index (κ2) is 5.32. The number of hydrogen-bond acceptors (Lipinski definition) is 1. The van der Waals surface area contributed by atoms with Crippen molar-refractivity contribution in [1.29, 1.82) is 0 Å². The highest BCUT2D eigenvalue weighted by Crippen LogP contribution is 2.17. The summed E-state index contributed by atoms with van der Waals surface area (Å²) in [6, 6.07) is 4.30. The fourth-order valence-electron chi connectivity index (χ4n) is 0.920. The third-order valence-corrected chi connectivity index (χ3v) is 2.62. The Balaban J connectivity index is 2.66. The van der Waals surface area contributed by atoms with Gasteiger partial charge in [0.15, 0.2) is 0 Å². The molecule has 0 aliphatic heterocycles. The van der Waals surface area contributed by atoms with E-state index < -0.39 is 0 Å². The first-order chi connectivity index (χ1) is 6.63. The highest BCUT2D eigenvalue weighted by atomic mass is 79.9. The highest BCUT2D eigenvalue weighted by molar-refractivity contribution is 9.10. The number of hydrogen-bond donors (Lipinski definition) is 1. The molecule has 5 heteroatoms. The topological polar surface area (TPSA) is 29.1 Å². The van der Waals surface area contributed by atoms with Gasteiger partial charge in [-0.05, 0) is 23.8 Å². The summed E-state index contributed by atoms with van der Waals surface area (Å²) < 4.78 is 13.6. The van der Waals surface area contributed by atoms with E-state index in [1.54, 1.807) is 6.07 Å². The Kier molecular flexibility index (Phi) is 4.35. The zero-order valence-electron chi connectivity index (χ0n) is 7.19. The summed E-state index contributed by atoms with van der Waals surface area (Å²) in [6.45, 7) is 0.268. The molecular formula is C9H8BrClFNO. The van der Waals surface area contributed by atoms with Crippen LogP contribution in [0.5, 0.6) is 0 Å². The first-order valence-electron chi connectivity index (χ1n) is 3.90. The van der Waals surface area contributed by atoms with Gasteiger partial charge in [0.25, 0.3) is 0 Å². The number of nitrogens with one attached hydrogen (secondary N) is 1. The van der Waals surface area contributed by atoms with Crippen LogP contribution in [0.3, 0.4) is 0 Å². The molecule has 0 unspecified atom stereocenters. The maximum atomic E-state index is 12.8. The van der Waals surface area contributed by atoms with E-state index in [1.165, 1.54) is 12.1 Å². The molecule has 0 aliphatic rings. The zero-order chi connectivity index (χ0) is 10.6. The number of carbonyl (C=O) groups excluding carboxylic acids is 1. The van der Waals surface area contributed by atoms with Crippen molar-refractivity contribution in [1.82, 2.24) is 5.32 Å². The summed E-state index contributed by atoms with van der Waals surface area (Å²) >= 11 is 8.54. The largest absolute Gasteiger partial charge is 0.351 e. The first kappa shape index (κ1) is 11.5. The predicted octanol–water partition coefficient (Wildman–Crippen LogP) is 2.44. The molecule has 0 atom stereocenters. The lowest BCUT2D eigenvalue weighted by Crippen LogP contribution is -2.23. The molecule has 1 amide bonds. The van der Waals surface area contributed by atoms with E-state index >= 15 is 0 Å². The van der Waals surface area contributed by atoms with E-state index in [0.717, 1.165) is 4.47 Å². The quantitative estimate of drug-likeness (QED) is 0.847. The van der Waals surface area contributed by atoms with Gasteiger partial charge in [0.05, 0.1) is 0 Å². The Bertz CT molecular complexity index is 346. The number of alkyl halides is 1. The number of carbonyl (C=O) groups is 1. The normalized spacial score (nSPS) is 9.93. The van der Waals surface area contributed by atoms with Crippen LogP contribution in [0.4, 0.5) is 4.39 Å². The first-order valence-corrected chi connectivity index (χ1v) is 5.23. The molecule has 1 aromatic carbocycles. The van der Waals surface area contributed by atoms with Crippen molar-refractivity contribution >= 4 is 33.4 Å². The van der Waals surface area contributed by atoms with Crippen LogP contribution in [0.15, 0.2) is 22.7 Å². The third kappa shape index (κ3) is 3.27. The Morgan fingerprint density at radius 2 is 2.29 bits per heavy atom. The standard InChI is InChI=1S/C9H8BrClFNO/c10-8-2-1-7(12)3-6(8)5-13-9(14)4-11/h1-3H,4-5H2,(H,13,14). The molecule has 76 valence electrons. The van der Waals surface area contributed by atoms with Gasteiger partial charge < -0.3 is 5.32 Å². The second-order valence-electron chi connectivity index (χ2n) is 2.65. The van der Waals surface area contributed by atoms with Gasteiger partial charge in [-0.15, -0.1) is 11.6 Å². The Hall–Kier alpha value is -0.610. The Morgan fingerprint density at radius 1 is 1.57 bits per heavy atom. The summed E-state index contributed by atoms with van der Waals surface area (Å²) in [4.78, 5) is 10.8. The predicted molar refractivity (Wildman–Crippen MR) is 56.7 cm³/mol. The molecule has 1 aromatic rings. The molecule has 0 aromatic heterocycles. The minimum absolute atomic E-state index is 0.0903. The fourth-order valence-corrected chi connectivity index (χ4v) is 1.40. The molecule has 0 aliphatic carbocycles. The van der Waals surface area contributed by atoms with E-state index in [0.29, 0.717) is 5.56 Å². The van der Waals surface area contributed by atoms with Crippen LogP contribution in [0.25, 0.3) is 0 Å². The molecular weight excluding hydrogens is 272 g/mol. The monoisotopic (exact) mass is 279 g/mol. The average molecular weight is 281 g/mol. The van der Waals surface area contributed by atoms with Crippen LogP contribution in [-0.2, 0) is 11.3 Å². The number of benzene rings is 1. The molecule has 1 rings (SSSR count). The molecule has 0 bridgehead atoms. The van der Waals surface area contributed by atoms with Crippen LogP contribution in [0, 0.1) is 5.82 Å². The summed E-state index contributed by atoms with van der Waals surface area (Å²) in [5.74, 6) is -0.696. The summed E-state index contributed by atoms with van der Waals surface area (Å²) in [5, 5.41) is 2.55. The summed E-state index contributed by atoms with van der Waals surface area (Å²) in [6.07, 6.45) is 0.